The number of benzene rings is 1. The van der Waals surface area contributed by atoms with Crippen molar-refractivity contribution in [1.82, 2.24) is 20.5 Å². The summed E-state index contributed by atoms with van der Waals surface area (Å²) < 4.78 is 0. The Kier molecular flexibility index (Phi) is 8.16. The van der Waals surface area contributed by atoms with Crippen LogP contribution in [-0.2, 0) is 9.59 Å². The molecule has 7 nitrogen and oxygen atoms in total. The lowest BCUT2D eigenvalue weighted by Gasteiger charge is -2.36. The van der Waals surface area contributed by atoms with Crippen molar-refractivity contribution in [3.8, 4) is 10.4 Å². The summed E-state index contributed by atoms with van der Waals surface area (Å²) >= 11 is 1.61. The highest BCUT2D eigenvalue weighted by atomic mass is 32.1. The lowest BCUT2D eigenvalue weighted by atomic mass is 9.85. The van der Waals surface area contributed by atoms with E-state index >= 15 is 0 Å². The van der Waals surface area contributed by atoms with Gasteiger partial charge in [0.2, 0.25) is 11.8 Å². The molecule has 1 aliphatic heterocycles. The molecule has 3 N–H and O–H groups in total. The zero-order chi connectivity index (χ0) is 25.2. The molecule has 0 saturated carbocycles. The maximum absolute atomic E-state index is 13.5. The van der Waals surface area contributed by atoms with Crippen molar-refractivity contribution in [2.75, 3.05) is 6.54 Å². The molecule has 0 unspecified atom stereocenters. The van der Waals surface area contributed by atoms with Gasteiger partial charge < -0.3 is 20.6 Å². The molecule has 0 radical (unpaired) electrons. The zero-order valence-corrected chi connectivity index (χ0v) is 22.1. The molecular formula is C26H38N4O3S. The van der Waals surface area contributed by atoms with Gasteiger partial charge in [-0.3, -0.25) is 9.59 Å². The molecule has 1 fully saturated rings. The Balaban J connectivity index is 1.72. The van der Waals surface area contributed by atoms with E-state index in [1.165, 1.54) is 0 Å². The number of rotatable bonds is 7. The second kappa shape index (κ2) is 10.5. The number of likely N-dealkylation sites (tertiary alicyclic amines) is 1. The summed E-state index contributed by atoms with van der Waals surface area (Å²) in [6, 6.07) is 6.84. The molecule has 3 rings (SSSR count). The van der Waals surface area contributed by atoms with Crippen molar-refractivity contribution in [3.63, 3.8) is 0 Å². The number of nitrogens with one attached hydrogen (secondary N) is 2. The predicted octanol–water partition coefficient (Wildman–Crippen LogP) is 3.67. The van der Waals surface area contributed by atoms with Crippen LogP contribution in [0.2, 0.25) is 0 Å². The van der Waals surface area contributed by atoms with E-state index in [9.17, 15) is 14.7 Å². The van der Waals surface area contributed by atoms with Gasteiger partial charge in [0.1, 0.15) is 6.04 Å². The number of aromatic nitrogens is 1. The summed E-state index contributed by atoms with van der Waals surface area (Å²) in [5.74, 6) is -0.383. The van der Waals surface area contributed by atoms with E-state index in [0.29, 0.717) is 0 Å². The molecule has 186 valence electrons. The molecule has 2 amide bonds. The summed E-state index contributed by atoms with van der Waals surface area (Å²) in [6.45, 7) is 14.1. The van der Waals surface area contributed by atoms with Crippen molar-refractivity contribution < 1.29 is 14.7 Å². The fourth-order valence-electron chi connectivity index (χ4n) is 4.39. The van der Waals surface area contributed by atoms with Gasteiger partial charge in [-0.05, 0) is 30.4 Å². The highest BCUT2D eigenvalue weighted by molar-refractivity contribution is 7.13. The quantitative estimate of drug-likeness (QED) is 0.555. The third-order valence-electron chi connectivity index (χ3n) is 6.25. The zero-order valence-electron chi connectivity index (χ0n) is 21.3. The van der Waals surface area contributed by atoms with Gasteiger partial charge in [-0.1, -0.05) is 58.9 Å². The highest BCUT2D eigenvalue weighted by Gasteiger charge is 2.44. The van der Waals surface area contributed by atoms with Crippen LogP contribution < -0.4 is 10.6 Å². The minimum atomic E-state index is -0.711. The highest BCUT2D eigenvalue weighted by Crippen LogP contribution is 2.29. The van der Waals surface area contributed by atoms with E-state index in [1.807, 2.05) is 78.2 Å². The van der Waals surface area contributed by atoms with E-state index < -0.39 is 18.2 Å². The first-order chi connectivity index (χ1) is 15.9. The number of carbonyl (C=O) groups excluding carboxylic acids is 2. The third-order valence-corrected chi connectivity index (χ3v) is 7.23. The summed E-state index contributed by atoms with van der Waals surface area (Å²) in [5, 5.41) is 16.7. The maximum atomic E-state index is 13.5. The van der Waals surface area contributed by atoms with Gasteiger partial charge in [0, 0.05) is 19.0 Å². The monoisotopic (exact) mass is 486 g/mol. The Morgan fingerprint density at radius 3 is 2.35 bits per heavy atom. The van der Waals surface area contributed by atoms with Gasteiger partial charge in [0.15, 0.2) is 0 Å². The number of nitrogens with zero attached hydrogens (tertiary/aromatic N) is 2. The first-order valence-electron chi connectivity index (χ1n) is 11.9. The third kappa shape index (κ3) is 6.03. The van der Waals surface area contributed by atoms with Gasteiger partial charge in [0.05, 0.1) is 34.3 Å². The Hall–Kier alpha value is -2.29. The number of aliphatic hydroxyl groups is 1. The van der Waals surface area contributed by atoms with Gasteiger partial charge in [-0.25, -0.2) is 4.98 Å². The van der Waals surface area contributed by atoms with Gasteiger partial charge in [-0.2, -0.15) is 0 Å². The molecule has 8 heteroatoms. The number of aliphatic hydroxyl groups excluding tert-OH is 1. The Labute approximate surface area is 207 Å². The molecule has 2 heterocycles. The summed E-state index contributed by atoms with van der Waals surface area (Å²) in [7, 11) is 0. The number of hydrogen-bond donors (Lipinski definition) is 3. The number of hydrogen-bond acceptors (Lipinski definition) is 6. The summed E-state index contributed by atoms with van der Waals surface area (Å²) in [6.07, 6.45) is -0.469. The van der Waals surface area contributed by atoms with Crippen molar-refractivity contribution in [1.29, 1.82) is 0 Å². The topological polar surface area (TPSA) is 94.6 Å². The number of carbonyl (C=O) groups is 2. The van der Waals surface area contributed by atoms with Crippen molar-refractivity contribution in [3.05, 3.63) is 41.0 Å². The van der Waals surface area contributed by atoms with Crippen LogP contribution in [0.15, 0.2) is 29.8 Å². The van der Waals surface area contributed by atoms with Gasteiger partial charge in [0.25, 0.3) is 0 Å². The van der Waals surface area contributed by atoms with Crippen LogP contribution in [-0.4, -0.2) is 57.6 Å². The van der Waals surface area contributed by atoms with Crippen LogP contribution in [0.25, 0.3) is 10.4 Å². The molecule has 0 bridgehead atoms. The minimum Gasteiger partial charge on any atom is -0.391 e. The number of amides is 2. The lowest BCUT2D eigenvalue weighted by Crippen LogP contribution is -2.57. The summed E-state index contributed by atoms with van der Waals surface area (Å²) in [5.41, 5.74) is 4.59. The lowest BCUT2D eigenvalue weighted by molar-refractivity contribution is -0.142. The Morgan fingerprint density at radius 2 is 1.82 bits per heavy atom. The van der Waals surface area contributed by atoms with Crippen LogP contribution >= 0.6 is 11.3 Å². The standard InChI is InChI=1S/C26H38N4O3S/c1-15(2)28-23(26(5,6)7)25(33)30-13-20(31)12-21(30)24(32)29-16(3)18-8-10-19(11-9-18)22-17(4)27-14-34-22/h8-11,14-16,20-21,23,28,31H,12-13H2,1-7H3,(H,29,32)/t16-,20-,21+,23+/m0/s1. The minimum absolute atomic E-state index is 0.115. The van der Waals surface area contributed by atoms with Crippen molar-refractivity contribution in [2.24, 2.45) is 5.41 Å². The van der Waals surface area contributed by atoms with Gasteiger partial charge in [-0.15, -0.1) is 11.3 Å². The fraction of sp³-hybridized carbons (Fsp3) is 0.577. The van der Waals surface area contributed by atoms with E-state index in [1.54, 1.807) is 16.2 Å². The molecule has 1 aliphatic rings. The number of thiazole rings is 1. The molecule has 1 aromatic heterocycles. The Bertz CT molecular complexity index is 996. The van der Waals surface area contributed by atoms with Crippen LogP contribution in [0, 0.1) is 12.3 Å². The van der Waals surface area contributed by atoms with Crippen molar-refractivity contribution in [2.45, 2.75) is 85.2 Å². The molecule has 0 spiro atoms. The smallest absolute Gasteiger partial charge is 0.243 e. The molecular weight excluding hydrogens is 448 g/mol. The van der Waals surface area contributed by atoms with Crippen molar-refractivity contribution >= 4 is 23.2 Å². The Morgan fingerprint density at radius 1 is 1.18 bits per heavy atom. The second-order valence-electron chi connectivity index (χ2n) is 10.6. The normalized spacial score (nSPS) is 20.4. The molecule has 0 aliphatic carbocycles. The average molecular weight is 487 g/mol. The molecule has 34 heavy (non-hydrogen) atoms. The number of aryl methyl sites for hydroxylation is 1. The predicted molar refractivity (Wildman–Crippen MR) is 136 cm³/mol. The van der Waals surface area contributed by atoms with E-state index in [-0.39, 0.29) is 42.3 Å². The first kappa shape index (κ1) is 26.3. The largest absolute Gasteiger partial charge is 0.391 e. The molecule has 2 aromatic rings. The summed E-state index contributed by atoms with van der Waals surface area (Å²) in [4.78, 5) is 33.7. The van der Waals surface area contributed by atoms with Crippen LogP contribution in [0.5, 0.6) is 0 Å². The first-order valence-corrected chi connectivity index (χ1v) is 12.8. The SMILES string of the molecule is Cc1ncsc1-c1ccc([C@H](C)NC(=O)[C@H]2C[C@H](O)CN2C(=O)[C@@H](NC(C)C)C(C)(C)C)cc1. The molecule has 4 atom stereocenters. The van der Waals surface area contributed by atoms with E-state index in [2.05, 4.69) is 15.6 Å². The van der Waals surface area contributed by atoms with E-state index in [4.69, 9.17) is 0 Å². The molecule has 1 saturated heterocycles. The van der Waals surface area contributed by atoms with Crippen LogP contribution in [0.4, 0.5) is 0 Å². The second-order valence-corrected chi connectivity index (χ2v) is 11.5. The number of β-amino-alcohol motifs (C(OH)–C–C–N with tert-alkyl or cyclic N) is 1. The molecule has 1 aromatic carbocycles. The maximum Gasteiger partial charge on any atom is 0.243 e. The van der Waals surface area contributed by atoms with E-state index in [0.717, 1.165) is 21.7 Å². The van der Waals surface area contributed by atoms with Crippen LogP contribution in [0.3, 0.4) is 0 Å². The fourth-order valence-corrected chi connectivity index (χ4v) is 5.20. The average Bonchev–Trinajstić information content (AvgIpc) is 3.36. The van der Waals surface area contributed by atoms with Gasteiger partial charge >= 0.3 is 0 Å². The van der Waals surface area contributed by atoms with Crippen LogP contribution in [0.1, 0.15) is 65.3 Å².